The number of hydrogen-bond acceptors (Lipinski definition) is 3. The molecule has 2 heterocycles. The second-order valence-corrected chi connectivity index (χ2v) is 7.47. The fraction of sp³-hybridized carbons (Fsp3) is 0.391. The number of fused-ring (bicyclic) bond motifs is 1. The fourth-order valence-corrected chi connectivity index (χ4v) is 4.01. The number of hydrogen-bond donors (Lipinski definition) is 1. The number of nitrogens with zero attached hydrogens (tertiary/aromatic N) is 1. The largest absolute Gasteiger partial charge is 0.376 e. The SMILES string of the molecule is CCc1ccc(CN2C(=O)c3ccccc3[C@H]2C(=O)NC[C@H]2CCCO2)cc1. The minimum atomic E-state index is -0.601. The number of ether oxygens (including phenoxy) is 1. The summed E-state index contributed by atoms with van der Waals surface area (Å²) in [6.45, 7) is 3.77. The van der Waals surface area contributed by atoms with E-state index in [4.69, 9.17) is 4.74 Å². The molecular formula is C23H26N2O3. The van der Waals surface area contributed by atoms with Crippen LogP contribution < -0.4 is 5.32 Å². The molecule has 0 unspecified atom stereocenters. The molecule has 2 atom stereocenters. The number of carbonyl (C=O) groups is 2. The van der Waals surface area contributed by atoms with Gasteiger partial charge in [0.15, 0.2) is 0 Å². The van der Waals surface area contributed by atoms with E-state index in [0.29, 0.717) is 18.7 Å². The van der Waals surface area contributed by atoms with E-state index >= 15 is 0 Å². The average Bonchev–Trinajstić information content (AvgIpc) is 3.34. The van der Waals surface area contributed by atoms with E-state index in [-0.39, 0.29) is 17.9 Å². The van der Waals surface area contributed by atoms with Crippen LogP contribution >= 0.6 is 0 Å². The van der Waals surface area contributed by atoms with E-state index in [2.05, 4.69) is 24.4 Å². The van der Waals surface area contributed by atoms with Crippen LogP contribution in [0.4, 0.5) is 0 Å². The summed E-state index contributed by atoms with van der Waals surface area (Å²) >= 11 is 0. The minimum Gasteiger partial charge on any atom is -0.376 e. The number of nitrogens with one attached hydrogen (secondary N) is 1. The second-order valence-electron chi connectivity index (χ2n) is 7.47. The molecule has 0 aliphatic carbocycles. The Labute approximate surface area is 165 Å². The van der Waals surface area contributed by atoms with E-state index in [1.165, 1.54) is 5.56 Å². The number of rotatable bonds is 6. The van der Waals surface area contributed by atoms with Gasteiger partial charge < -0.3 is 15.0 Å². The minimum absolute atomic E-state index is 0.0753. The number of benzene rings is 2. The molecule has 2 aromatic carbocycles. The lowest BCUT2D eigenvalue weighted by molar-refractivity contribution is -0.126. The van der Waals surface area contributed by atoms with Crippen LogP contribution in [0.25, 0.3) is 0 Å². The molecule has 5 heteroatoms. The highest BCUT2D eigenvalue weighted by molar-refractivity contribution is 6.04. The predicted octanol–water partition coefficient (Wildman–Crippen LogP) is 3.24. The Kier molecular flexibility index (Phi) is 5.44. The molecule has 0 spiro atoms. The molecule has 5 nitrogen and oxygen atoms in total. The van der Waals surface area contributed by atoms with Gasteiger partial charge in [-0.05, 0) is 42.0 Å². The van der Waals surface area contributed by atoms with Crippen LogP contribution in [0.3, 0.4) is 0 Å². The van der Waals surface area contributed by atoms with Gasteiger partial charge in [-0.1, -0.05) is 49.4 Å². The predicted molar refractivity (Wildman–Crippen MR) is 107 cm³/mol. The summed E-state index contributed by atoms with van der Waals surface area (Å²) in [5, 5.41) is 3.00. The molecule has 28 heavy (non-hydrogen) atoms. The Morgan fingerprint density at radius 3 is 2.61 bits per heavy atom. The third kappa shape index (κ3) is 3.67. The highest BCUT2D eigenvalue weighted by Gasteiger charge is 2.40. The summed E-state index contributed by atoms with van der Waals surface area (Å²) in [6.07, 6.45) is 3.05. The molecule has 2 aromatic rings. The Balaban J connectivity index is 1.55. The van der Waals surface area contributed by atoms with Crippen molar-refractivity contribution in [2.45, 2.75) is 44.9 Å². The van der Waals surface area contributed by atoms with Crippen LogP contribution in [0.2, 0.25) is 0 Å². The van der Waals surface area contributed by atoms with Crippen molar-refractivity contribution in [1.29, 1.82) is 0 Å². The topological polar surface area (TPSA) is 58.6 Å². The highest BCUT2D eigenvalue weighted by atomic mass is 16.5. The van der Waals surface area contributed by atoms with Gasteiger partial charge in [-0.25, -0.2) is 0 Å². The van der Waals surface area contributed by atoms with Gasteiger partial charge in [0.1, 0.15) is 6.04 Å². The van der Waals surface area contributed by atoms with Crippen LogP contribution in [0.1, 0.15) is 52.9 Å². The molecule has 2 amide bonds. The summed E-state index contributed by atoms with van der Waals surface area (Å²) in [6, 6.07) is 15.0. The van der Waals surface area contributed by atoms with E-state index in [0.717, 1.165) is 37.0 Å². The quantitative estimate of drug-likeness (QED) is 0.840. The molecule has 4 rings (SSSR count). The molecular weight excluding hydrogens is 352 g/mol. The molecule has 0 bridgehead atoms. The maximum Gasteiger partial charge on any atom is 0.255 e. The van der Waals surface area contributed by atoms with E-state index in [1.807, 2.05) is 30.3 Å². The van der Waals surface area contributed by atoms with Gasteiger partial charge in [0.2, 0.25) is 5.91 Å². The molecule has 1 fully saturated rings. The standard InChI is InChI=1S/C23H26N2O3/c1-2-16-9-11-17(12-10-16)15-25-21(19-7-3-4-8-20(19)23(25)27)22(26)24-14-18-6-5-13-28-18/h3-4,7-12,18,21H,2,5-6,13-15H2,1H3,(H,24,26)/t18-,21+/m1/s1. The Bertz CT molecular complexity index is 856. The van der Waals surface area contributed by atoms with E-state index in [9.17, 15) is 9.59 Å². The Morgan fingerprint density at radius 1 is 1.14 bits per heavy atom. The summed E-state index contributed by atoms with van der Waals surface area (Å²) in [7, 11) is 0. The zero-order chi connectivity index (χ0) is 19.5. The third-order valence-electron chi connectivity index (χ3n) is 5.62. The van der Waals surface area contributed by atoms with Crippen molar-refractivity contribution >= 4 is 11.8 Å². The number of carbonyl (C=O) groups excluding carboxylic acids is 2. The zero-order valence-electron chi connectivity index (χ0n) is 16.2. The van der Waals surface area contributed by atoms with Crippen molar-refractivity contribution in [1.82, 2.24) is 10.2 Å². The third-order valence-corrected chi connectivity index (χ3v) is 5.62. The van der Waals surface area contributed by atoms with Crippen molar-refractivity contribution in [3.8, 4) is 0 Å². The first-order valence-corrected chi connectivity index (χ1v) is 10.0. The van der Waals surface area contributed by atoms with Gasteiger partial charge in [-0.3, -0.25) is 9.59 Å². The fourth-order valence-electron chi connectivity index (χ4n) is 4.01. The van der Waals surface area contributed by atoms with Gasteiger partial charge in [-0.15, -0.1) is 0 Å². The maximum absolute atomic E-state index is 13.1. The van der Waals surface area contributed by atoms with Crippen molar-refractivity contribution in [3.05, 3.63) is 70.8 Å². The molecule has 0 radical (unpaired) electrons. The lowest BCUT2D eigenvalue weighted by atomic mass is 10.0. The van der Waals surface area contributed by atoms with Gasteiger partial charge in [0, 0.05) is 25.3 Å². The van der Waals surface area contributed by atoms with E-state index in [1.54, 1.807) is 11.0 Å². The van der Waals surface area contributed by atoms with Crippen molar-refractivity contribution in [3.63, 3.8) is 0 Å². The molecule has 1 N–H and O–H groups in total. The monoisotopic (exact) mass is 378 g/mol. The van der Waals surface area contributed by atoms with Gasteiger partial charge in [0.05, 0.1) is 6.10 Å². The van der Waals surface area contributed by atoms with Crippen LogP contribution in [0, 0.1) is 0 Å². The van der Waals surface area contributed by atoms with Gasteiger partial charge in [-0.2, -0.15) is 0 Å². The van der Waals surface area contributed by atoms with Crippen molar-refractivity contribution < 1.29 is 14.3 Å². The normalized spacial score (nSPS) is 21.0. The lowest BCUT2D eigenvalue weighted by Gasteiger charge is -2.25. The molecule has 2 aliphatic heterocycles. The van der Waals surface area contributed by atoms with Crippen molar-refractivity contribution in [2.75, 3.05) is 13.2 Å². The van der Waals surface area contributed by atoms with Crippen LogP contribution in [0.5, 0.6) is 0 Å². The van der Waals surface area contributed by atoms with Gasteiger partial charge in [0.25, 0.3) is 5.91 Å². The van der Waals surface area contributed by atoms with Crippen LogP contribution in [-0.2, 0) is 22.5 Å². The molecule has 1 saturated heterocycles. The summed E-state index contributed by atoms with van der Waals surface area (Å²) < 4.78 is 5.61. The lowest BCUT2D eigenvalue weighted by Crippen LogP contribution is -2.41. The van der Waals surface area contributed by atoms with Crippen LogP contribution in [0.15, 0.2) is 48.5 Å². The maximum atomic E-state index is 13.1. The molecule has 2 aliphatic rings. The highest BCUT2D eigenvalue weighted by Crippen LogP contribution is 2.35. The van der Waals surface area contributed by atoms with Crippen molar-refractivity contribution in [2.24, 2.45) is 0 Å². The summed E-state index contributed by atoms with van der Waals surface area (Å²) in [5.41, 5.74) is 3.67. The zero-order valence-corrected chi connectivity index (χ0v) is 16.2. The summed E-state index contributed by atoms with van der Waals surface area (Å²) in [4.78, 5) is 27.7. The Hall–Kier alpha value is -2.66. The average molecular weight is 378 g/mol. The smallest absolute Gasteiger partial charge is 0.255 e. The first kappa shape index (κ1) is 18.7. The Morgan fingerprint density at radius 2 is 1.89 bits per heavy atom. The number of amides is 2. The first-order valence-electron chi connectivity index (χ1n) is 10.0. The van der Waals surface area contributed by atoms with Crippen LogP contribution in [-0.4, -0.2) is 36.0 Å². The second kappa shape index (κ2) is 8.15. The first-order chi connectivity index (χ1) is 13.7. The van der Waals surface area contributed by atoms with Gasteiger partial charge >= 0.3 is 0 Å². The van der Waals surface area contributed by atoms with E-state index < -0.39 is 6.04 Å². The summed E-state index contributed by atoms with van der Waals surface area (Å²) in [5.74, 6) is -0.230. The molecule has 0 aromatic heterocycles. The number of aryl methyl sites for hydroxylation is 1. The molecule has 146 valence electrons. The molecule has 0 saturated carbocycles.